The summed E-state index contributed by atoms with van der Waals surface area (Å²) < 4.78 is 13.2. The maximum Gasteiger partial charge on any atom is 0.239 e. The molecule has 2 N–H and O–H groups in total. The van der Waals surface area contributed by atoms with Crippen LogP contribution in [-0.4, -0.2) is 17.6 Å². The molecule has 0 unspecified atom stereocenters. The molecule has 2 aromatic rings. The fraction of sp³-hybridized carbons (Fsp3) is 0.211. The van der Waals surface area contributed by atoms with Crippen molar-refractivity contribution in [2.24, 2.45) is 5.41 Å². The molecule has 0 atom stereocenters. The van der Waals surface area contributed by atoms with Gasteiger partial charge in [-0.15, -0.1) is 0 Å². The number of anilines is 2. The van der Waals surface area contributed by atoms with Crippen molar-refractivity contribution < 1.29 is 18.8 Å². The Balaban J connectivity index is 2.07. The number of carbonyl (C=O) groups excluding carboxylic acids is 3. The van der Waals surface area contributed by atoms with Crippen LogP contribution in [0.15, 0.2) is 48.5 Å². The molecular weight excluding hydrogens is 323 g/mol. The van der Waals surface area contributed by atoms with Gasteiger partial charge >= 0.3 is 0 Å². The molecule has 130 valence electrons. The highest BCUT2D eigenvalue weighted by atomic mass is 19.1. The van der Waals surface area contributed by atoms with Crippen LogP contribution in [0.1, 0.15) is 31.1 Å². The highest BCUT2D eigenvalue weighted by molar-refractivity contribution is 6.14. The van der Waals surface area contributed by atoms with Crippen molar-refractivity contribution in [2.45, 2.75) is 20.8 Å². The van der Waals surface area contributed by atoms with Crippen molar-refractivity contribution in [2.75, 3.05) is 10.6 Å². The molecule has 6 heteroatoms. The van der Waals surface area contributed by atoms with Crippen LogP contribution in [0.25, 0.3) is 0 Å². The van der Waals surface area contributed by atoms with Gasteiger partial charge in [0, 0.05) is 16.9 Å². The van der Waals surface area contributed by atoms with E-state index in [2.05, 4.69) is 10.6 Å². The van der Waals surface area contributed by atoms with Gasteiger partial charge in [-0.05, 0) is 63.2 Å². The average Bonchev–Trinajstić information content (AvgIpc) is 2.55. The van der Waals surface area contributed by atoms with Crippen molar-refractivity contribution in [1.29, 1.82) is 0 Å². The first kappa shape index (κ1) is 18.3. The lowest BCUT2D eigenvalue weighted by Gasteiger charge is -2.22. The average molecular weight is 342 g/mol. The van der Waals surface area contributed by atoms with Gasteiger partial charge in [0.15, 0.2) is 5.78 Å². The van der Waals surface area contributed by atoms with Gasteiger partial charge in [-0.1, -0.05) is 6.07 Å². The lowest BCUT2D eigenvalue weighted by molar-refractivity contribution is -0.135. The van der Waals surface area contributed by atoms with E-state index in [9.17, 15) is 18.8 Å². The number of nitrogens with one attached hydrogen (secondary N) is 2. The van der Waals surface area contributed by atoms with E-state index in [4.69, 9.17) is 0 Å². The number of ketones is 1. The van der Waals surface area contributed by atoms with Crippen LogP contribution in [0, 0.1) is 11.2 Å². The topological polar surface area (TPSA) is 75.3 Å². The Bertz CT molecular complexity index is 814. The SMILES string of the molecule is CC(=O)c1ccc(NC(=O)C(C)(C)C(=O)Nc2cccc(F)c2)cc1. The maximum absolute atomic E-state index is 13.2. The normalized spacial score (nSPS) is 10.9. The van der Waals surface area contributed by atoms with E-state index >= 15 is 0 Å². The highest BCUT2D eigenvalue weighted by Gasteiger charge is 2.36. The molecule has 0 aromatic heterocycles. The summed E-state index contributed by atoms with van der Waals surface area (Å²) in [6.45, 7) is 4.40. The minimum Gasteiger partial charge on any atom is -0.325 e. The number of hydrogen-bond donors (Lipinski definition) is 2. The van der Waals surface area contributed by atoms with E-state index < -0.39 is 23.0 Å². The summed E-state index contributed by atoms with van der Waals surface area (Å²) in [5, 5.41) is 5.17. The predicted molar refractivity (Wildman–Crippen MR) is 93.9 cm³/mol. The van der Waals surface area contributed by atoms with Crippen LogP contribution < -0.4 is 10.6 Å². The van der Waals surface area contributed by atoms with Crippen LogP contribution in [0.3, 0.4) is 0 Å². The lowest BCUT2D eigenvalue weighted by Crippen LogP contribution is -2.41. The molecule has 5 nitrogen and oxygen atoms in total. The second-order valence-corrected chi connectivity index (χ2v) is 6.18. The number of carbonyl (C=O) groups is 3. The molecule has 0 spiro atoms. The molecule has 0 aliphatic carbocycles. The van der Waals surface area contributed by atoms with E-state index in [0.29, 0.717) is 11.3 Å². The zero-order valence-electron chi connectivity index (χ0n) is 14.2. The molecule has 0 aliphatic heterocycles. The number of rotatable bonds is 5. The Hall–Kier alpha value is -3.02. The largest absolute Gasteiger partial charge is 0.325 e. The summed E-state index contributed by atoms with van der Waals surface area (Å²) in [6, 6.07) is 11.8. The number of halogens is 1. The fourth-order valence-electron chi connectivity index (χ4n) is 2.03. The van der Waals surface area contributed by atoms with Gasteiger partial charge in [-0.3, -0.25) is 14.4 Å². The number of benzene rings is 2. The van der Waals surface area contributed by atoms with Gasteiger partial charge in [0.2, 0.25) is 11.8 Å². The first-order valence-electron chi connectivity index (χ1n) is 7.69. The van der Waals surface area contributed by atoms with Gasteiger partial charge < -0.3 is 10.6 Å². The smallest absolute Gasteiger partial charge is 0.239 e. The molecule has 2 aromatic carbocycles. The monoisotopic (exact) mass is 342 g/mol. The van der Waals surface area contributed by atoms with Crippen LogP contribution in [0.5, 0.6) is 0 Å². The van der Waals surface area contributed by atoms with E-state index in [1.54, 1.807) is 24.3 Å². The number of amides is 2. The first-order chi connectivity index (χ1) is 11.7. The summed E-state index contributed by atoms with van der Waals surface area (Å²) in [7, 11) is 0. The molecule has 0 fully saturated rings. The summed E-state index contributed by atoms with van der Waals surface area (Å²) in [5.41, 5.74) is -0.106. The zero-order chi connectivity index (χ0) is 18.6. The molecule has 2 rings (SSSR count). The van der Waals surface area contributed by atoms with Gasteiger partial charge in [0.25, 0.3) is 0 Å². The Morgan fingerprint density at radius 1 is 0.880 bits per heavy atom. The van der Waals surface area contributed by atoms with Gasteiger partial charge in [-0.2, -0.15) is 0 Å². The zero-order valence-corrected chi connectivity index (χ0v) is 14.2. The summed E-state index contributed by atoms with van der Waals surface area (Å²) in [6.07, 6.45) is 0. The van der Waals surface area contributed by atoms with Gasteiger partial charge in [0.1, 0.15) is 11.2 Å². The van der Waals surface area contributed by atoms with Crippen molar-refractivity contribution >= 4 is 29.0 Å². The van der Waals surface area contributed by atoms with Gasteiger partial charge in [-0.25, -0.2) is 4.39 Å². The van der Waals surface area contributed by atoms with E-state index in [1.165, 1.54) is 45.0 Å². The van der Waals surface area contributed by atoms with Crippen molar-refractivity contribution in [1.82, 2.24) is 0 Å². The minimum absolute atomic E-state index is 0.0762. The van der Waals surface area contributed by atoms with Crippen molar-refractivity contribution in [3.8, 4) is 0 Å². The molecule has 25 heavy (non-hydrogen) atoms. The molecule has 0 radical (unpaired) electrons. The Labute approximate surface area is 145 Å². The number of Topliss-reactive ketones (excluding diaryl/α,β-unsaturated/α-hetero) is 1. The van der Waals surface area contributed by atoms with Gasteiger partial charge in [0.05, 0.1) is 0 Å². The summed E-state index contributed by atoms with van der Waals surface area (Å²) in [5.74, 6) is -1.63. The molecule has 0 bridgehead atoms. The third-order valence-electron chi connectivity index (χ3n) is 3.77. The fourth-order valence-corrected chi connectivity index (χ4v) is 2.03. The summed E-state index contributed by atoms with van der Waals surface area (Å²) >= 11 is 0. The second kappa shape index (κ2) is 7.25. The minimum atomic E-state index is -1.38. The van der Waals surface area contributed by atoms with Crippen LogP contribution in [0.4, 0.5) is 15.8 Å². The van der Waals surface area contributed by atoms with E-state index in [0.717, 1.165) is 0 Å². The third-order valence-corrected chi connectivity index (χ3v) is 3.77. The number of hydrogen-bond acceptors (Lipinski definition) is 3. The van der Waals surface area contributed by atoms with E-state index in [-0.39, 0.29) is 11.5 Å². The Morgan fingerprint density at radius 2 is 1.44 bits per heavy atom. The molecule has 0 saturated heterocycles. The third kappa shape index (κ3) is 4.50. The second-order valence-electron chi connectivity index (χ2n) is 6.18. The van der Waals surface area contributed by atoms with Crippen LogP contribution >= 0.6 is 0 Å². The molecule has 0 saturated carbocycles. The Morgan fingerprint density at radius 3 is 1.96 bits per heavy atom. The van der Waals surface area contributed by atoms with Crippen molar-refractivity contribution in [3.05, 3.63) is 59.9 Å². The lowest BCUT2D eigenvalue weighted by atomic mass is 9.90. The first-order valence-corrected chi connectivity index (χ1v) is 7.69. The highest BCUT2D eigenvalue weighted by Crippen LogP contribution is 2.22. The van der Waals surface area contributed by atoms with Crippen molar-refractivity contribution in [3.63, 3.8) is 0 Å². The molecular formula is C19H19FN2O3. The Kier molecular flexibility index (Phi) is 5.32. The van der Waals surface area contributed by atoms with Crippen LogP contribution in [0.2, 0.25) is 0 Å². The standard InChI is InChI=1S/C19H19FN2O3/c1-12(23)13-7-9-15(10-8-13)21-17(24)19(2,3)18(25)22-16-6-4-5-14(20)11-16/h4-11H,1-3H3,(H,21,24)(H,22,25). The maximum atomic E-state index is 13.2. The predicted octanol–water partition coefficient (Wildman–Crippen LogP) is 3.63. The quantitative estimate of drug-likeness (QED) is 0.643. The molecule has 0 heterocycles. The van der Waals surface area contributed by atoms with E-state index in [1.807, 2.05) is 0 Å². The molecule has 0 aliphatic rings. The summed E-state index contributed by atoms with van der Waals surface area (Å²) in [4.78, 5) is 36.1. The van der Waals surface area contributed by atoms with Crippen LogP contribution in [-0.2, 0) is 9.59 Å². The molecule has 2 amide bonds.